The van der Waals surface area contributed by atoms with Crippen LogP contribution in [0.4, 0.5) is 0 Å². The smallest absolute Gasteiger partial charge is 0.0715 e. The summed E-state index contributed by atoms with van der Waals surface area (Å²) in [6.07, 6.45) is 1.11. The predicted octanol–water partition coefficient (Wildman–Crippen LogP) is 1.15. The van der Waals surface area contributed by atoms with Gasteiger partial charge in [0, 0.05) is 12.6 Å². The summed E-state index contributed by atoms with van der Waals surface area (Å²) < 4.78 is 0. The molecule has 0 aromatic rings. The SMILES string of the molecule is CC[C@@H](C)NCC(C)(C)O. The molecule has 0 radical (unpaired) electrons. The Labute approximate surface area is 63.6 Å². The second-order valence-corrected chi connectivity index (χ2v) is 3.50. The molecule has 0 spiro atoms. The molecular weight excluding hydrogens is 126 g/mol. The van der Waals surface area contributed by atoms with Gasteiger partial charge in [0.05, 0.1) is 5.60 Å². The van der Waals surface area contributed by atoms with E-state index < -0.39 is 5.60 Å². The largest absolute Gasteiger partial charge is 0.389 e. The molecule has 0 heterocycles. The second-order valence-electron chi connectivity index (χ2n) is 3.50. The van der Waals surface area contributed by atoms with E-state index in [1.807, 2.05) is 13.8 Å². The lowest BCUT2D eigenvalue weighted by atomic mass is 10.1. The molecule has 10 heavy (non-hydrogen) atoms. The Balaban J connectivity index is 3.36. The summed E-state index contributed by atoms with van der Waals surface area (Å²) in [7, 11) is 0. The maximum absolute atomic E-state index is 9.30. The molecule has 2 N–H and O–H groups in total. The van der Waals surface area contributed by atoms with Crippen molar-refractivity contribution in [2.75, 3.05) is 6.54 Å². The van der Waals surface area contributed by atoms with Crippen LogP contribution in [0.2, 0.25) is 0 Å². The summed E-state index contributed by atoms with van der Waals surface area (Å²) >= 11 is 0. The lowest BCUT2D eigenvalue weighted by Gasteiger charge is -2.20. The second kappa shape index (κ2) is 3.94. The first-order valence-corrected chi connectivity index (χ1v) is 3.91. The van der Waals surface area contributed by atoms with Crippen LogP contribution in [0, 0.1) is 0 Å². The third-order valence-electron chi connectivity index (χ3n) is 1.50. The van der Waals surface area contributed by atoms with Crippen LogP contribution < -0.4 is 5.32 Å². The lowest BCUT2D eigenvalue weighted by Crippen LogP contribution is -2.39. The minimum absolute atomic E-state index is 0.506. The topological polar surface area (TPSA) is 32.3 Å². The fourth-order valence-electron chi connectivity index (χ4n) is 0.568. The Morgan fingerprint density at radius 2 is 2.00 bits per heavy atom. The normalized spacial score (nSPS) is 15.3. The van der Waals surface area contributed by atoms with E-state index >= 15 is 0 Å². The fourth-order valence-corrected chi connectivity index (χ4v) is 0.568. The van der Waals surface area contributed by atoms with Gasteiger partial charge in [-0.3, -0.25) is 0 Å². The fraction of sp³-hybridized carbons (Fsp3) is 1.00. The van der Waals surface area contributed by atoms with Crippen molar-refractivity contribution in [1.82, 2.24) is 5.32 Å². The van der Waals surface area contributed by atoms with E-state index in [4.69, 9.17) is 0 Å². The Hall–Kier alpha value is -0.0800. The third-order valence-corrected chi connectivity index (χ3v) is 1.50. The zero-order valence-corrected chi connectivity index (χ0v) is 7.44. The van der Waals surface area contributed by atoms with Crippen molar-refractivity contribution < 1.29 is 5.11 Å². The summed E-state index contributed by atoms with van der Waals surface area (Å²) in [4.78, 5) is 0. The lowest BCUT2D eigenvalue weighted by molar-refractivity contribution is 0.0769. The molecule has 0 aromatic carbocycles. The molecule has 0 rings (SSSR count). The predicted molar refractivity (Wildman–Crippen MR) is 44.1 cm³/mol. The highest BCUT2D eigenvalue weighted by atomic mass is 16.3. The molecule has 0 fully saturated rings. The zero-order valence-electron chi connectivity index (χ0n) is 7.44. The molecule has 0 saturated heterocycles. The maximum Gasteiger partial charge on any atom is 0.0715 e. The molecule has 0 aromatic heterocycles. The average Bonchev–Trinajstić information content (AvgIpc) is 1.81. The van der Waals surface area contributed by atoms with E-state index in [0.717, 1.165) is 6.42 Å². The summed E-state index contributed by atoms with van der Waals surface area (Å²) in [5, 5.41) is 12.5. The van der Waals surface area contributed by atoms with Crippen molar-refractivity contribution in [3.63, 3.8) is 0 Å². The number of nitrogens with one attached hydrogen (secondary N) is 1. The highest BCUT2D eigenvalue weighted by Gasteiger charge is 2.12. The molecule has 1 atom stereocenters. The van der Waals surface area contributed by atoms with Crippen LogP contribution in [0.3, 0.4) is 0 Å². The van der Waals surface area contributed by atoms with Gasteiger partial charge < -0.3 is 10.4 Å². The first-order valence-electron chi connectivity index (χ1n) is 3.91. The molecule has 0 aliphatic rings. The molecule has 0 unspecified atom stereocenters. The van der Waals surface area contributed by atoms with Gasteiger partial charge in [0.15, 0.2) is 0 Å². The molecule has 62 valence electrons. The first kappa shape index (κ1) is 9.92. The highest BCUT2D eigenvalue weighted by Crippen LogP contribution is 1.98. The molecule has 0 amide bonds. The summed E-state index contributed by atoms with van der Waals surface area (Å²) in [5.74, 6) is 0. The summed E-state index contributed by atoms with van der Waals surface area (Å²) in [5.41, 5.74) is -0.580. The van der Waals surface area contributed by atoms with Crippen molar-refractivity contribution in [1.29, 1.82) is 0 Å². The molecule has 2 nitrogen and oxygen atoms in total. The van der Waals surface area contributed by atoms with Crippen molar-refractivity contribution in [3.8, 4) is 0 Å². The van der Waals surface area contributed by atoms with Gasteiger partial charge in [0.2, 0.25) is 0 Å². The van der Waals surface area contributed by atoms with Crippen molar-refractivity contribution in [3.05, 3.63) is 0 Å². The van der Waals surface area contributed by atoms with E-state index in [9.17, 15) is 5.11 Å². The van der Waals surface area contributed by atoms with Crippen LogP contribution in [0.1, 0.15) is 34.1 Å². The Kier molecular flexibility index (Phi) is 3.91. The van der Waals surface area contributed by atoms with E-state index in [1.54, 1.807) is 0 Å². The van der Waals surface area contributed by atoms with Gasteiger partial charge in [0.25, 0.3) is 0 Å². The number of aliphatic hydroxyl groups is 1. The monoisotopic (exact) mass is 145 g/mol. The molecule has 0 aliphatic heterocycles. The van der Waals surface area contributed by atoms with Crippen molar-refractivity contribution in [2.24, 2.45) is 0 Å². The molecule has 0 bridgehead atoms. The van der Waals surface area contributed by atoms with Crippen LogP contribution in [0.15, 0.2) is 0 Å². The number of hydrogen-bond donors (Lipinski definition) is 2. The number of hydrogen-bond acceptors (Lipinski definition) is 2. The van der Waals surface area contributed by atoms with Gasteiger partial charge in [-0.2, -0.15) is 0 Å². The van der Waals surface area contributed by atoms with Crippen LogP contribution in [0.25, 0.3) is 0 Å². The average molecular weight is 145 g/mol. The van der Waals surface area contributed by atoms with Crippen LogP contribution in [0.5, 0.6) is 0 Å². The standard InChI is InChI=1S/C8H19NO/c1-5-7(2)9-6-8(3,4)10/h7,9-10H,5-6H2,1-4H3/t7-/m1/s1. The first-order chi connectivity index (χ1) is 4.45. The van der Waals surface area contributed by atoms with Gasteiger partial charge in [-0.15, -0.1) is 0 Å². The van der Waals surface area contributed by atoms with Gasteiger partial charge in [-0.1, -0.05) is 6.92 Å². The van der Waals surface area contributed by atoms with E-state index in [-0.39, 0.29) is 0 Å². The number of rotatable bonds is 4. The summed E-state index contributed by atoms with van der Waals surface area (Å²) in [6.45, 7) is 8.53. The van der Waals surface area contributed by atoms with Crippen LogP contribution in [-0.4, -0.2) is 23.3 Å². The van der Waals surface area contributed by atoms with E-state index in [2.05, 4.69) is 19.2 Å². The Bertz CT molecular complexity index is 85.7. The Morgan fingerprint density at radius 1 is 1.50 bits per heavy atom. The minimum atomic E-state index is -0.580. The highest BCUT2D eigenvalue weighted by molar-refractivity contribution is 4.70. The van der Waals surface area contributed by atoms with Crippen molar-refractivity contribution >= 4 is 0 Å². The molecule has 2 heteroatoms. The maximum atomic E-state index is 9.30. The van der Waals surface area contributed by atoms with Crippen LogP contribution >= 0.6 is 0 Å². The van der Waals surface area contributed by atoms with Crippen molar-refractivity contribution in [2.45, 2.75) is 45.8 Å². The summed E-state index contributed by atoms with van der Waals surface area (Å²) in [6, 6.07) is 0.506. The quantitative estimate of drug-likeness (QED) is 0.622. The van der Waals surface area contributed by atoms with E-state index in [1.165, 1.54) is 0 Å². The molecular formula is C8H19NO. The van der Waals surface area contributed by atoms with Gasteiger partial charge in [-0.05, 0) is 27.2 Å². The van der Waals surface area contributed by atoms with E-state index in [0.29, 0.717) is 12.6 Å². The van der Waals surface area contributed by atoms with Gasteiger partial charge >= 0.3 is 0 Å². The van der Waals surface area contributed by atoms with Gasteiger partial charge in [-0.25, -0.2) is 0 Å². The minimum Gasteiger partial charge on any atom is -0.389 e. The zero-order chi connectivity index (χ0) is 8.20. The Morgan fingerprint density at radius 3 is 2.30 bits per heavy atom. The molecule has 0 aliphatic carbocycles. The third kappa shape index (κ3) is 6.05. The molecule has 0 saturated carbocycles. The van der Waals surface area contributed by atoms with Crippen LogP contribution in [-0.2, 0) is 0 Å². The van der Waals surface area contributed by atoms with Gasteiger partial charge in [0.1, 0.15) is 0 Å².